The molecular weight excluding hydrogens is 374 g/mol. The first-order chi connectivity index (χ1) is 13.3. The van der Waals surface area contributed by atoms with Gasteiger partial charge in [0.15, 0.2) is 11.7 Å². The molecule has 1 aliphatic heterocycles. The second-order valence-corrected chi connectivity index (χ2v) is 8.67. The number of amides is 2. The van der Waals surface area contributed by atoms with Crippen molar-refractivity contribution < 1.29 is 14.3 Å². The molecule has 1 aliphatic rings. The molecule has 0 unspecified atom stereocenters. The molecule has 0 aliphatic carbocycles. The maximum atomic E-state index is 12.3. The van der Waals surface area contributed by atoms with Gasteiger partial charge in [0, 0.05) is 24.3 Å². The van der Waals surface area contributed by atoms with Gasteiger partial charge >= 0.3 is 0 Å². The number of nitrogens with zero attached hydrogens (tertiary/aromatic N) is 2. The summed E-state index contributed by atoms with van der Waals surface area (Å²) >= 11 is 1.44. The van der Waals surface area contributed by atoms with Gasteiger partial charge < -0.3 is 9.64 Å². The summed E-state index contributed by atoms with van der Waals surface area (Å²) in [6.45, 7) is 9.29. The van der Waals surface area contributed by atoms with Crippen LogP contribution in [0.3, 0.4) is 0 Å². The Morgan fingerprint density at radius 2 is 2.11 bits per heavy atom. The van der Waals surface area contributed by atoms with Gasteiger partial charge in [-0.2, -0.15) is 0 Å². The van der Waals surface area contributed by atoms with Crippen molar-refractivity contribution in [3.05, 3.63) is 39.9 Å². The largest absolute Gasteiger partial charge is 0.483 e. The van der Waals surface area contributed by atoms with Crippen LogP contribution in [0.1, 0.15) is 42.0 Å². The number of thiazole rings is 1. The first-order valence-corrected chi connectivity index (χ1v) is 10.4. The summed E-state index contributed by atoms with van der Waals surface area (Å²) in [5.74, 6) is 1.01. The summed E-state index contributed by atoms with van der Waals surface area (Å²) in [7, 11) is 0. The molecule has 0 radical (unpaired) electrons. The van der Waals surface area contributed by atoms with Gasteiger partial charge in [-0.25, -0.2) is 4.98 Å². The molecule has 0 saturated heterocycles. The lowest BCUT2D eigenvalue weighted by Gasteiger charge is -2.26. The van der Waals surface area contributed by atoms with E-state index in [-0.39, 0.29) is 18.4 Å². The van der Waals surface area contributed by atoms with E-state index < -0.39 is 0 Å². The van der Waals surface area contributed by atoms with Crippen LogP contribution in [0.2, 0.25) is 0 Å². The summed E-state index contributed by atoms with van der Waals surface area (Å²) < 4.78 is 5.65. The second kappa shape index (κ2) is 8.73. The van der Waals surface area contributed by atoms with E-state index in [0.29, 0.717) is 36.3 Å². The molecule has 1 aromatic carbocycles. The van der Waals surface area contributed by atoms with Crippen LogP contribution in [0.4, 0.5) is 5.13 Å². The van der Waals surface area contributed by atoms with E-state index in [1.807, 2.05) is 50.8 Å². The molecule has 2 aromatic rings. The molecule has 0 fully saturated rings. The molecule has 0 bridgehead atoms. The molecule has 2 heterocycles. The number of aromatic nitrogens is 1. The number of ether oxygens (including phenoxy) is 1. The summed E-state index contributed by atoms with van der Waals surface area (Å²) in [4.78, 5) is 32.0. The first-order valence-electron chi connectivity index (χ1n) is 9.58. The van der Waals surface area contributed by atoms with Crippen molar-refractivity contribution in [3.8, 4) is 5.75 Å². The Bertz CT molecular complexity index is 876. The number of fused-ring (bicyclic) bond motifs is 1. The number of benzene rings is 1. The van der Waals surface area contributed by atoms with E-state index in [9.17, 15) is 9.59 Å². The molecule has 0 atom stereocenters. The quantitative estimate of drug-likeness (QED) is 0.801. The number of aryl methyl sites for hydroxylation is 1. The molecule has 28 heavy (non-hydrogen) atoms. The van der Waals surface area contributed by atoms with Gasteiger partial charge in [-0.3, -0.25) is 14.9 Å². The molecule has 1 N–H and O–H groups in total. The number of hydrogen-bond acceptors (Lipinski definition) is 5. The Hall–Kier alpha value is -2.41. The third-order valence-electron chi connectivity index (χ3n) is 4.83. The number of anilines is 1. The lowest BCUT2D eigenvalue weighted by molar-refractivity contribution is -0.132. The highest BCUT2D eigenvalue weighted by atomic mass is 32.1. The van der Waals surface area contributed by atoms with Gasteiger partial charge in [0.2, 0.25) is 5.91 Å². The Balaban J connectivity index is 1.56. The first kappa shape index (κ1) is 20.3. The molecule has 0 spiro atoms. The SMILES string of the molecule is Cc1cccc(OCC(=O)Nc2nc3c(s2)CN(C(=O)CC(C)C)CC3)c1C. The van der Waals surface area contributed by atoms with Gasteiger partial charge in [-0.05, 0) is 37.0 Å². The molecular formula is C21H27N3O3S. The van der Waals surface area contributed by atoms with E-state index in [1.54, 1.807) is 0 Å². The summed E-state index contributed by atoms with van der Waals surface area (Å²) in [5.41, 5.74) is 3.14. The zero-order valence-electron chi connectivity index (χ0n) is 16.9. The number of carbonyl (C=O) groups excluding carboxylic acids is 2. The highest BCUT2D eigenvalue weighted by Gasteiger charge is 2.24. The lowest BCUT2D eigenvalue weighted by Crippen LogP contribution is -2.36. The van der Waals surface area contributed by atoms with Crippen molar-refractivity contribution >= 4 is 28.3 Å². The minimum absolute atomic E-state index is 0.0620. The van der Waals surface area contributed by atoms with Crippen molar-refractivity contribution in [3.63, 3.8) is 0 Å². The van der Waals surface area contributed by atoms with Gasteiger partial charge in [-0.15, -0.1) is 0 Å². The Morgan fingerprint density at radius 3 is 2.86 bits per heavy atom. The topological polar surface area (TPSA) is 71.5 Å². The average molecular weight is 402 g/mol. The number of hydrogen-bond donors (Lipinski definition) is 1. The molecule has 150 valence electrons. The van der Waals surface area contributed by atoms with E-state index >= 15 is 0 Å². The molecule has 3 rings (SSSR count). The maximum absolute atomic E-state index is 12.3. The normalized spacial score (nSPS) is 13.4. The third-order valence-corrected chi connectivity index (χ3v) is 5.82. The van der Waals surface area contributed by atoms with Gasteiger partial charge in [0.1, 0.15) is 5.75 Å². The van der Waals surface area contributed by atoms with Crippen LogP contribution in [0.25, 0.3) is 0 Å². The van der Waals surface area contributed by atoms with E-state index in [0.717, 1.165) is 28.1 Å². The van der Waals surface area contributed by atoms with E-state index in [4.69, 9.17) is 4.74 Å². The van der Waals surface area contributed by atoms with Gasteiger partial charge in [0.25, 0.3) is 5.91 Å². The molecule has 2 amide bonds. The minimum Gasteiger partial charge on any atom is -0.483 e. The Kier molecular flexibility index (Phi) is 6.34. The maximum Gasteiger partial charge on any atom is 0.264 e. The van der Waals surface area contributed by atoms with E-state index in [2.05, 4.69) is 10.3 Å². The van der Waals surface area contributed by atoms with Gasteiger partial charge in [-0.1, -0.05) is 37.3 Å². The Morgan fingerprint density at radius 1 is 1.32 bits per heavy atom. The van der Waals surface area contributed by atoms with Crippen LogP contribution < -0.4 is 10.1 Å². The number of carbonyl (C=O) groups is 2. The molecule has 6 nitrogen and oxygen atoms in total. The standard InChI is InChI=1S/C21H27N3O3S/c1-13(2)10-20(26)24-9-8-16-18(11-24)28-21(22-16)23-19(25)12-27-17-7-5-6-14(3)15(17)4/h5-7,13H,8-12H2,1-4H3,(H,22,23,25). The van der Waals surface area contributed by atoms with Crippen LogP contribution in [0.5, 0.6) is 5.75 Å². The van der Waals surface area contributed by atoms with Crippen molar-refractivity contribution in [1.29, 1.82) is 0 Å². The molecule has 1 aromatic heterocycles. The van der Waals surface area contributed by atoms with E-state index in [1.165, 1.54) is 11.3 Å². The minimum atomic E-state index is -0.236. The summed E-state index contributed by atoms with van der Waals surface area (Å²) in [6, 6.07) is 5.79. The van der Waals surface area contributed by atoms with Crippen LogP contribution in [0, 0.1) is 19.8 Å². The fourth-order valence-corrected chi connectivity index (χ4v) is 4.16. The predicted octanol–water partition coefficient (Wildman–Crippen LogP) is 3.71. The van der Waals surface area contributed by atoms with Crippen molar-refractivity contribution in [1.82, 2.24) is 9.88 Å². The highest BCUT2D eigenvalue weighted by molar-refractivity contribution is 7.15. The number of nitrogens with one attached hydrogen (secondary N) is 1. The van der Waals surface area contributed by atoms with Crippen molar-refractivity contribution in [2.24, 2.45) is 5.92 Å². The second-order valence-electron chi connectivity index (χ2n) is 7.59. The Labute approximate surface area is 169 Å². The van der Waals surface area contributed by atoms with Crippen LogP contribution in [-0.2, 0) is 22.6 Å². The van der Waals surface area contributed by atoms with Crippen molar-refractivity contribution in [2.45, 2.75) is 47.1 Å². The molecule has 0 saturated carbocycles. The fraction of sp³-hybridized carbons (Fsp3) is 0.476. The van der Waals surface area contributed by atoms with Crippen LogP contribution in [-0.4, -0.2) is 34.8 Å². The van der Waals surface area contributed by atoms with Crippen LogP contribution >= 0.6 is 11.3 Å². The highest BCUT2D eigenvalue weighted by Crippen LogP contribution is 2.29. The molecule has 7 heteroatoms. The zero-order valence-corrected chi connectivity index (χ0v) is 17.7. The monoisotopic (exact) mass is 401 g/mol. The summed E-state index contributed by atoms with van der Waals surface area (Å²) in [5, 5.41) is 3.39. The smallest absolute Gasteiger partial charge is 0.264 e. The van der Waals surface area contributed by atoms with Crippen LogP contribution in [0.15, 0.2) is 18.2 Å². The fourth-order valence-electron chi connectivity index (χ4n) is 3.12. The predicted molar refractivity (Wildman–Crippen MR) is 111 cm³/mol. The van der Waals surface area contributed by atoms with Crippen molar-refractivity contribution in [2.75, 3.05) is 18.5 Å². The average Bonchev–Trinajstić information content (AvgIpc) is 3.03. The summed E-state index contributed by atoms with van der Waals surface area (Å²) in [6.07, 6.45) is 1.29. The zero-order chi connectivity index (χ0) is 20.3. The third kappa shape index (κ3) is 4.90. The lowest BCUT2D eigenvalue weighted by atomic mass is 10.1. The van der Waals surface area contributed by atoms with Gasteiger partial charge in [0.05, 0.1) is 12.2 Å². The number of rotatable bonds is 6.